The van der Waals surface area contributed by atoms with Gasteiger partial charge < -0.3 is 9.67 Å². The average molecular weight is 263 g/mol. The monoisotopic (exact) mass is 263 g/mol. The van der Waals surface area contributed by atoms with Crippen molar-refractivity contribution in [3.63, 3.8) is 0 Å². The van der Waals surface area contributed by atoms with Crippen molar-refractivity contribution >= 4 is 5.97 Å². The second-order valence-electron chi connectivity index (χ2n) is 5.78. The van der Waals surface area contributed by atoms with Gasteiger partial charge in [0.25, 0.3) is 5.56 Å². The molecule has 19 heavy (non-hydrogen) atoms. The topological polar surface area (TPSA) is 59.3 Å². The first-order valence-electron chi connectivity index (χ1n) is 6.80. The Bertz CT molecular complexity index is 573. The summed E-state index contributed by atoms with van der Waals surface area (Å²) in [6.45, 7) is 7.77. The minimum absolute atomic E-state index is 0.0778. The van der Waals surface area contributed by atoms with E-state index < -0.39 is 5.97 Å². The Balaban J connectivity index is 2.61. The summed E-state index contributed by atoms with van der Waals surface area (Å²) in [6, 6.07) is 1.58. The Morgan fingerprint density at radius 1 is 1.32 bits per heavy atom. The number of aromatic nitrogens is 1. The molecule has 1 N–H and O–H groups in total. The minimum atomic E-state index is -0.956. The molecule has 1 saturated carbocycles. The van der Waals surface area contributed by atoms with Crippen LogP contribution in [0.4, 0.5) is 0 Å². The van der Waals surface area contributed by atoms with Crippen molar-refractivity contribution in [3.05, 3.63) is 33.2 Å². The summed E-state index contributed by atoms with van der Waals surface area (Å²) >= 11 is 0. The zero-order valence-electron chi connectivity index (χ0n) is 11.9. The van der Waals surface area contributed by atoms with Crippen LogP contribution in [0.5, 0.6) is 0 Å². The van der Waals surface area contributed by atoms with Crippen molar-refractivity contribution in [2.45, 2.75) is 46.6 Å². The van der Waals surface area contributed by atoms with Gasteiger partial charge in [0.1, 0.15) is 0 Å². The van der Waals surface area contributed by atoms with E-state index in [0.29, 0.717) is 23.1 Å². The van der Waals surface area contributed by atoms with Crippen LogP contribution < -0.4 is 5.56 Å². The molecule has 3 atom stereocenters. The van der Waals surface area contributed by atoms with Gasteiger partial charge >= 0.3 is 5.97 Å². The number of carboxylic acids is 1. The molecule has 2 rings (SSSR count). The smallest absolute Gasteiger partial charge is 0.337 e. The molecule has 1 aromatic heterocycles. The number of hydrogen-bond donors (Lipinski definition) is 1. The molecule has 1 aromatic rings. The number of hydrogen-bond acceptors (Lipinski definition) is 2. The summed E-state index contributed by atoms with van der Waals surface area (Å²) in [5, 5.41) is 9.31. The van der Waals surface area contributed by atoms with Gasteiger partial charge in [0, 0.05) is 17.8 Å². The molecule has 4 heteroatoms. The Morgan fingerprint density at radius 2 is 1.95 bits per heavy atom. The highest BCUT2D eigenvalue weighted by Crippen LogP contribution is 2.39. The molecule has 0 saturated heterocycles. The molecule has 0 aliphatic heterocycles. The number of aromatic carboxylic acids is 1. The third kappa shape index (κ3) is 2.20. The molecule has 0 radical (unpaired) electrons. The second-order valence-corrected chi connectivity index (χ2v) is 5.78. The first-order chi connectivity index (χ1) is 8.84. The van der Waals surface area contributed by atoms with E-state index in [1.165, 1.54) is 6.07 Å². The molecule has 0 aromatic carbocycles. The highest BCUT2D eigenvalue weighted by Gasteiger charge is 2.33. The molecule has 3 unspecified atom stereocenters. The summed E-state index contributed by atoms with van der Waals surface area (Å²) in [7, 11) is 0. The zero-order chi connectivity index (χ0) is 14.3. The van der Waals surface area contributed by atoms with Crippen LogP contribution in [0.15, 0.2) is 10.9 Å². The number of pyridine rings is 1. The average Bonchev–Trinajstić information content (AvgIpc) is 2.60. The van der Waals surface area contributed by atoms with Crippen molar-refractivity contribution in [3.8, 4) is 0 Å². The van der Waals surface area contributed by atoms with Crippen molar-refractivity contribution in [2.24, 2.45) is 11.8 Å². The quantitative estimate of drug-likeness (QED) is 0.892. The predicted octanol–water partition coefficient (Wildman–Crippen LogP) is 2.77. The van der Waals surface area contributed by atoms with Crippen molar-refractivity contribution in [1.82, 2.24) is 4.57 Å². The summed E-state index contributed by atoms with van der Waals surface area (Å²) in [6.07, 6.45) is 2.04. The maximum Gasteiger partial charge on any atom is 0.337 e. The summed E-state index contributed by atoms with van der Waals surface area (Å²) in [4.78, 5) is 23.6. The van der Waals surface area contributed by atoms with Crippen LogP contribution in [0, 0.1) is 25.7 Å². The lowest BCUT2D eigenvalue weighted by Crippen LogP contribution is -2.31. The van der Waals surface area contributed by atoms with Crippen LogP contribution in [0.3, 0.4) is 0 Å². The first-order valence-corrected chi connectivity index (χ1v) is 6.80. The number of rotatable bonds is 2. The Labute approximate surface area is 113 Å². The summed E-state index contributed by atoms with van der Waals surface area (Å²) in [5.41, 5.74) is 1.32. The van der Waals surface area contributed by atoms with E-state index in [1.54, 1.807) is 18.4 Å². The van der Waals surface area contributed by atoms with Crippen LogP contribution in [0.25, 0.3) is 0 Å². The van der Waals surface area contributed by atoms with Crippen LogP contribution >= 0.6 is 0 Å². The number of aryl methyl sites for hydroxylation is 1. The molecule has 104 valence electrons. The van der Waals surface area contributed by atoms with Crippen molar-refractivity contribution in [2.75, 3.05) is 0 Å². The van der Waals surface area contributed by atoms with Gasteiger partial charge in [-0.15, -0.1) is 0 Å². The van der Waals surface area contributed by atoms with Gasteiger partial charge in [-0.1, -0.05) is 13.8 Å². The molecular formula is C15H21NO3. The number of carbonyl (C=O) groups is 1. The van der Waals surface area contributed by atoms with E-state index in [2.05, 4.69) is 13.8 Å². The predicted molar refractivity (Wildman–Crippen MR) is 73.7 cm³/mol. The highest BCUT2D eigenvalue weighted by atomic mass is 16.4. The molecule has 1 heterocycles. The van der Waals surface area contributed by atoms with Crippen LogP contribution in [0.1, 0.15) is 54.3 Å². The standard InChI is InChI=1S/C15H21NO3/c1-8-5-6-12(10(8)3)16-11(4)14(15(18)19)9(2)7-13(16)17/h7-8,10,12H,5-6H2,1-4H3,(H,18,19). The summed E-state index contributed by atoms with van der Waals surface area (Å²) < 4.78 is 1.70. The molecule has 0 amide bonds. The van der Waals surface area contributed by atoms with E-state index in [-0.39, 0.29) is 17.2 Å². The van der Waals surface area contributed by atoms with E-state index in [1.807, 2.05) is 0 Å². The van der Waals surface area contributed by atoms with E-state index in [4.69, 9.17) is 0 Å². The fraction of sp³-hybridized carbons (Fsp3) is 0.600. The van der Waals surface area contributed by atoms with Gasteiger partial charge in [-0.05, 0) is 44.1 Å². The number of nitrogens with zero attached hydrogens (tertiary/aromatic N) is 1. The molecule has 0 spiro atoms. The molecule has 4 nitrogen and oxygen atoms in total. The Hall–Kier alpha value is -1.58. The van der Waals surface area contributed by atoms with Crippen LogP contribution in [-0.2, 0) is 0 Å². The van der Waals surface area contributed by atoms with E-state index in [9.17, 15) is 14.7 Å². The third-order valence-electron chi connectivity index (χ3n) is 4.66. The zero-order valence-corrected chi connectivity index (χ0v) is 11.9. The molecular weight excluding hydrogens is 242 g/mol. The fourth-order valence-corrected chi connectivity index (χ4v) is 3.34. The third-order valence-corrected chi connectivity index (χ3v) is 4.66. The van der Waals surface area contributed by atoms with E-state index >= 15 is 0 Å². The van der Waals surface area contributed by atoms with Gasteiger partial charge in [-0.2, -0.15) is 0 Å². The van der Waals surface area contributed by atoms with Crippen molar-refractivity contribution in [1.29, 1.82) is 0 Å². The Morgan fingerprint density at radius 3 is 2.42 bits per heavy atom. The first kappa shape index (κ1) is 13.8. The summed E-state index contributed by atoms with van der Waals surface area (Å²) in [5.74, 6) is 0.0223. The minimum Gasteiger partial charge on any atom is -0.478 e. The lowest BCUT2D eigenvalue weighted by molar-refractivity contribution is 0.0693. The normalized spacial score (nSPS) is 26.6. The molecule has 1 aliphatic rings. The van der Waals surface area contributed by atoms with Gasteiger partial charge in [-0.25, -0.2) is 4.79 Å². The lowest BCUT2D eigenvalue weighted by atomic mass is 9.96. The molecule has 0 bridgehead atoms. The maximum atomic E-state index is 12.2. The van der Waals surface area contributed by atoms with Gasteiger partial charge in [0.15, 0.2) is 0 Å². The Kier molecular flexibility index (Phi) is 3.52. The lowest BCUT2D eigenvalue weighted by Gasteiger charge is -2.24. The van der Waals surface area contributed by atoms with Gasteiger partial charge in [-0.3, -0.25) is 4.79 Å². The fourth-order valence-electron chi connectivity index (χ4n) is 3.34. The van der Waals surface area contributed by atoms with Crippen LogP contribution in [0.2, 0.25) is 0 Å². The van der Waals surface area contributed by atoms with Gasteiger partial charge in [0.05, 0.1) is 5.56 Å². The second kappa shape index (κ2) is 4.83. The molecule has 1 fully saturated rings. The number of carboxylic acid groups (broad SMARTS) is 1. The molecule has 1 aliphatic carbocycles. The van der Waals surface area contributed by atoms with Crippen LogP contribution in [-0.4, -0.2) is 15.6 Å². The van der Waals surface area contributed by atoms with E-state index in [0.717, 1.165) is 12.8 Å². The van der Waals surface area contributed by atoms with Crippen molar-refractivity contribution < 1.29 is 9.90 Å². The maximum absolute atomic E-state index is 12.2. The highest BCUT2D eigenvalue weighted by molar-refractivity contribution is 5.90. The largest absolute Gasteiger partial charge is 0.478 e. The SMILES string of the molecule is Cc1cc(=O)n(C2CCC(C)C2C)c(C)c1C(=O)O. The van der Waals surface area contributed by atoms with Gasteiger partial charge in [0.2, 0.25) is 0 Å².